The Kier molecular flexibility index (Phi) is 8.18. The Hall–Kier alpha value is -1.63. The molecule has 0 saturated carbocycles. The highest BCUT2D eigenvalue weighted by molar-refractivity contribution is 6.30. The summed E-state index contributed by atoms with van der Waals surface area (Å²) in [5, 5.41) is 3.62. The minimum Gasteiger partial charge on any atom is -0.382 e. The molecule has 1 aromatic rings. The number of nitrogens with one attached hydrogen (secondary N) is 1. The number of piperidine rings is 1. The molecule has 1 fully saturated rings. The summed E-state index contributed by atoms with van der Waals surface area (Å²) in [6.45, 7) is 2.23. The van der Waals surface area contributed by atoms with Crippen molar-refractivity contribution in [2.24, 2.45) is 0 Å². The van der Waals surface area contributed by atoms with Gasteiger partial charge in [0, 0.05) is 31.3 Å². The van der Waals surface area contributed by atoms with Crippen LogP contribution < -0.4 is 5.32 Å². The number of methoxy groups -OCH3 is 1. The summed E-state index contributed by atoms with van der Waals surface area (Å²) in [6, 6.07) is 7.42. The Balaban J connectivity index is 1.67. The first-order valence-corrected chi connectivity index (χ1v) is 8.84. The van der Waals surface area contributed by atoms with Crippen LogP contribution in [0.25, 0.3) is 0 Å². The number of hydrogen-bond donors (Lipinski definition) is 1. The fourth-order valence-electron chi connectivity index (χ4n) is 2.74. The number of nitrogens with zero attached hydrogens (tertiary/aromatic N) is 1. The maximum atomic E-state index is 12.4. The smallest absolute Gasteiger partial charge is 0.246 e. The average Bonchev–Trinajstić information content (AvgIpc) is 2.61. The number of rotatable bonds is 8. The Morgan fingerprint density at radius 1 is 1.20 bits per heavy atom. The van der Waals surface area contributed by atoms with E-state index in [0.717, 1.165) is 18.4 Å². The quantitative estimate of drug-likeness (QED) is 0.708. The van der Waals surface area contributed by atoms with E-state index in [2.05, 4.69) is 5.32 Å². The Bertz CT molecular complexity index is 557. The molecule has 0 unspecified atom stereocenters. The normalized spacial score (nSPS) is 15.2. The molecular weight excluding hydrogens is 344 g/mol. The Labute approximate surface area is 153 Å². The number of carbonyl (C=O) groups is 2. The third kappa shape index (κ3) is 7.02. The zero-order chi connectivity index (χ0) is 18.1. The monoisotopic (exact) mass is 368 g/mol. The minimum atomic E-state index is -0.123. The van der Waals surface area contributed by atoms with Crippen molar-refractivity contribution in [2.45, 2.75) is 25.3 Å². The van der Waals surface area contributed by atoms with Crippen molar-refractivity contribution in [1.29, 1.82) is 0 Å². The second kappa shape index (κ2) is 10.4. The highest BCUT2D eigenvalue weighted by Crippen LogP contribution is 2.14. The van der Waals surface area contributed by atoms with E-state index in [1.807, 2.05) is 17.0 Å². The summed E-state index contributed by atoms with van der Waals surface area (Å²) in [5.41, 5.74) is 0.957. The van der Waals surface area contributed by atoms with Crippen LogP contribution in [0.4, 0.5) is 0 Å². The second-order valence-electron chi connectivity index (χ2n) is 6.07. The van der Waals surface area contributed by atoms with Crippen LogP contribution in [0.3, 0.4) is 0 Å². The first kappa shape index (κ1) is 19.7. The van der Waals surface area contributed by atoms with Crippen LogP contribution in [0, 0.1) is 0 Å². The van der Waals surface area contributed by atoms with Crippen molar-refractivity contribution in [2.75, 3.05) is 40.0 Å². The summed E-state index contributed by atoms with van der Waals surface area (Å²) in [4.78, 5) is 26.0. The van der Waals surface area contributed by atoms with Gasteiger partial charge >= 0.3 is 0 Å². The molecule has 7 heteroatoms. The first-order valence-electron chi connectivity index (χ1n) is 8.46. The molecule has 0 spiro atoms. The number of benzene rings is 1. The standard InChI is InChI=1S/C18H25ClN2O4/c1-24-10-11-25-13-17(22)20-16-6-8-21(9-7-16)18(23)12-14-2-4-15(19)5-3-14/h2-5,16H,6-13H2,1H3,(H,20,22). The van der Waals surface area contributed by atoms with E-state index in [4.69, 9.17) is 21.1 Å². The number of ether oxygens (including phenoxy) is 2. The molecule has 0 radical (unpaired) electrons. The van der Waals surface area contributed by atoms with Gasteiger partial charge in [-0.3, -0.25) is 9.59 Å². The first-order chi connectivity index (χ1) is 12.1. The van der Waals surface area contributed by atoms with Crippen molar-refractivity contribution >= 4 is 23.4 Å². The Morgan fingerprint density at radius 2 is 1.88 bits per heavy atom. The van der Waals surface area contributed by atoms with Crippen LogP contribution in [0.5, 0.6) is 0 Å². The van der Waals surface area contributed by atoms with Gasteiger partial charge in [0.25, 0.3) is 0 Å². The average molecular weight is 369 g/mol. The molecule has 0 atom stereocenters. The third-order valence-electron chi connectivity index (χ3n) is 4.15. The topological polar surface area (TPSA) is 67.9 Å². The molecule has 2 rings (SSSR count). The number of halogens is 1. The third-order valence-corrected chi connectivity index (χ3v) is 4.40. The SMILES string of the molecule is COCCOCC(=O)NC1CCN(C(=O)Cc2ccc(Cl)cc2)CC1. The predicted molar refractivity (Wildman–Crippen MR) is 95.6 cm³/mol. The number of amides is 2. The van der Waals surface area contributed by atoms with Crippen molar-refractivity contribution in [3.05, 3.63) is 34.9 Å². The van der Waals surface area contributed by atoms with Gasteiger partial charge < -0.3 is 19.7 Å². The molecule has 1 aliphatic heterocycles. The molecule has 6 nitrogen and oxygen atoms in total. The van der Waals surface area contributed by atoms with E-state index in [1.165, 1.54) is 0 Å². The minimum absolute atomic E-state index is 0.0407. The van der Waals surface area contributed by atoms with Crippen LogP contribution >= 0.6 is 11.6 Å². The zero-order valence-corrected chi connectivity index (χ0v) is 15.3. The molecule has 25 heavy (non-hydrogen) atoms. The van der Waals surface area contributed by atoms with Crippen LogP contribution in [0.1, 0.15) is 18.4 Å². The lowest BCUT2D eigenvalue weighted by Gasteiger charge is -2.32. The fourth-order valence-corrected chi connectivity index (χ4v) is 2.86. The lowest BCUT2D eigenvalue weighted by molar-refractivity contribution is -0.132. The van der Waals surface area contributed by atoms with Gasteiger partial charge in [0.2, 0.25) is 11.8 Å². The molecule has 138 valence electrons. The largest absolute Gasteiger partial charge is 0.382 e. The van der Waals surface area contributed by atoms with Gasteiger partial charge in [-0.2, -0.15) is 0 Å². The maximum Gasteiger partial charge on any atom is 0.246 e. The van der Waals surface area contributed by atoms with Gasteiger partial charge in [-0.05, 0) is 30.5 Å². The molecule has 1 N–H and O–H groups in total. The van der Waals surface area contributed by atoms with Gasteiger partial charge in [-0.15, -0.1) is 0 Å². The van der Waals surface area contributed by atoms with E-state index in [-0.39, 0.29) is 24.5 Å². The van der Waals surface area contributed by atoms with Gasteiger partial charge in [-0.25, -0.2) is 0 Å². The molecule has 1 heterocycles. The molecule has 0 aromatic heterocycles. The Morgan fingerprint density at radius 3 is 2.52 bits per heavy atom. The predicted octanol–water partition coefficient (Wildman–Crippen LogP) is 1.65. The van der Waals surface area contributed by atoms with Gasteiger partial charge in [-0.1, -0.05) is 23.7 Å². The molecule has 1 aromatic carbocycles. The highest BCUT2D eigenvalue weighted by atomic mass is 35.5. The van der Waals surface area contributed by atoms with Crippen LogP contribution in [-0.2, 0) is 25.5 Å². The molecular formula is C18H25ClN2O4. The van der Waals surface area contributed by atoms with E-state index in [1.54, 1.807) is 19.2 Å². The number of hydrogen-bond acceptors (Lipinski definition) is 4. The number of carbonyl (C=O) groups excluding carboxylic acids is 2. The number of likely N-dealkylation sites (tertiary alicyclic amines) is 1. The lowest BCUT2D eigenvalue weighted by atomic mass is 10.0. The molecule has 0 bridgehead atoms. The summed E-state index contributed by atoms with van der Waals surface area (Å²) in [6.07, 6.45) is 1.90. The molecule has 1 saturated heterocycles. The van der Waals surface area contributed by atoms with Crippen molar-refractivity contribution in [3.63, 3.8) is 0 Å². The highest BCUT2D eigenvalue weighted by Gasteiger charge is 2.23. The molecule has 1 aliphatic rings. The fraction of sp³-hybridized carbons (Fsp3) is 0.556. The molecule has 0 aliphatic carbocycles. The van der Waals surface area contributed by atoms with E-state index < -0.39 is 0 Å². The molecule has 2 amide bonds. The van der Waals surface area contributed by atoms with Crippen molar-refractivity contribution in [1.82, 2.24) is 10.2 Å². The summed E-state index contributed by atoms with van der Waals surface area (Å²) >= 11 is 5.86. The van der Waals surface area contributed by atoms with E-state index in [9.17, 15) is 9.59 Å². The summed E-state index contributed by atoms with van der Waals surface area (Å²) < 4.78 is 10.1. The summed E-state index contributed by atoms with van der Waals surface area (Å²) in [7, 11) is 1.59. The van der Waals surface area contributed by atoms with Gasteiger partial charge in [0.05, 0.1) is 19.6 Å². The lowest BCUT2D eigenvalue weighted by Crippen LogP contribution is -2.47. The zero-order valence-electron chi connectivity index (χ0n) is 14.5. The van der Waals surface area contributed by atoms with Gasteiger partial charge in [0.15, 0.2) is 0 Å². The van der Waals surface area contributed by atoms with Crippen molar-refractivity contribution < 1.29 is 19.1 Å². The van der Waals surface area contributed by atoms with Gasteiger partial charge in [0.1, 0.15) is 6.61 Å². The summed E-state index contributed by atoms with van der Waals surface area (Å²) in [5.74, 6) is -0.0166. The van der Waals surface area contributed by atoms with E-state index in [0.29, 0.717) is 37.7 Å². The van der Waals surface area contributed by atoms with Crippen LogP contribution in [0.2, 0.25) is 5.02 Å². The second-order valence-corrected chi connectivity index (χ2v) is 6.51. The van der Waals surface area contributed by atoms with Crippen molar-refractivity contribution in [3.8, 4) is 0 Å². The van der Waals surface area contributed by atoms with E-state index >= 15 is 0 Å². The maximum absolute atomic E-state index is 12.4. The van der Waals surface area contributed by atoms with Crippen LogP contribution in [-0.4, -0.2) is 62.8 Å². The van der Waals surface area contributed by atoms with Crippen LogP contribution in [0.15, 0.2) is 24.3 Å².